The Balaban J connectivity index is 2.24. The van der Waals surface area contributed by atoms with Gasteiger partial charge in [0.25, 0.3) is 0 Å². The SMILES string of the molecule is CNCCCNC(=O)CSc1cccc(OC)c1. The van der Waals surface area contributed by atoms with Gasteiger partial charge in [-0.05, 0) is 38.2 Å². The lowest BCUT2D eigenvalue weighted by Crippen LogP contribution is -2.27. The minimum absolute atomic E-state index is 0.0684. The molecule has 0 fully saturated rings. The maximum Gasteiger partial charge on any atom is 0.230 e. The lowest BCUT2D eigenvalue weighted by molar-refractivity contribution is -0.118. The zero-order valence-electron chi connectivity index (χ0n) is 10.9. The van der Waals surface area contributed by atoms with Crippen LogP contribution in [0.2, 0.25) is 0 Å². The molecule has 18 heavy (non-hydrogen) atoms. The van der Waals surface area contributed by atoms with Crippen LogP contribution in [-0.4, -0.2) is 38.9 Å². The summed E-state index contributed by atoms with van der Waals surface area (Å²) < 4.78 is 5.13. The normalized spacial score (nSPS) is 10.1. The monoisotopic (exact) mass is 268 g/mol. The van der Waals surface area contributed by atoms with Crippen LogP contribution < -0.4 is 15.4 Å². The summed E-state index contributed by atoms with van der Waals surface area (Å²) in [5, 5.41) is 5.93. The fourth-order valence-electron chi connectivity index (χ4n) is 1.38. The number of hydrogen-bond donors (Lipinski definition) is 2. The van der Waals surface area contributed by atoms with Crippen LogP contribution in [0, 0.1) is 0 Å². The molecule has 0 heterocycles. The summed E-state index contributed by atoms with van der Waals surface area (Å²) in [5.74, 6) is 1.32. The van der Waals surface area contributed by atoms with Crippen molar-refractivity contribution in [3.05, 3.63) is 24.3 Å². The minimum Gasteiger partial charge on any atom is -0.497 e. The molecule has 0 aliphatic rings. The van der Waals surface area contributed by atoms with Gasteiger partial charge in [0.2, 0.25) is 5.91 Å². The number of carbonyl (C=O) groups is 1. The first-order valence-corrected chi connectivity index (χ1v) is 6.93. The molecule has 0 atom stereocenters. The van der Waals surface area contributed by atoms with Crippen molar-refractivity contribution in [2.45, 2.75) is 11.3 Å². The van der Waals surface area contributed by atoms with Crippen molar-refractivity contribution in [3.8, 4) is 5.75 Å². The summed E-state index contributed by atoms with van der Waals surface area (Å²) in [7, 11) is 3.54. The quantitative estimate of drug-likeness (QED) is 0.554. The smallest absolute Gasteiger partial charge is 0.230 e. The lowest BCUT2D eigenvalue weighted by Gasteiger charge is -2.06. The predicted octanol–water partition coefficient (Wildman–Crippen LogP) is 1.51. The van der Waals surface area contributed by atoms with E-state index in [4.69, 9.17) is 4.74 Å². The van der Waals surface area contributed by atoms with Crippen molar-refractivity contribution >= 4 is 17.7 Å². The minimum atomic E-state index is 0.0684. The number of thioether (sulfide) groups is 1. The van der Waals surface area contributed by atoms with Crippen LogP contribution in [0.25, 0.3) is 0 Å². The Morgan fingerprint density at radius 3 is 2.94 bits per heavy atom. The molecule has 1 aromatic rings. The summed E-state index contributed by atoms with van der Waals surface area (Å²) >= 11 is 1.51. The summed E-state index contributed by atoms with van der Waals surface area (Å²) in [6.07, 6.45) is 0.950. The Morgan fingerprint density at radius 1 is 1.39 bits per heavy atom. The lowest BCUT2D eigenvalue weighted by atomic mass is 10.3. The molecule has 4 nitrogen and oxygen atoms in total. The summed E-state index contributed by atoms with van der Waals surface area (Å²) in [6.45, 7) is 1.64. The van der Waals surface area contributed by atoms with Gasteiger partial charge in [0.15, 0.2) is 0 Å². The number of benzene rings is 1. The number of rotatable bonds is 8. The van der Waals surface area contributed by atoms with E-state index >= 15 is 0 Å². The van der Waals surface area contributed by atoms with E-state index in [0.29, 0.717) is 5.75 Å². The molecule has 0 spiro atoms. The van der Waals surface area contributed by atoms with Crippen molar-refractivity contribution in [3.63, 3.8) is 0 Å². The topological polar surface area (TPSA) is 50.4 Å². The van der Waals surface area contributed by atoms with Crippen molar-refractivity contribution < 1.29 is 9.53 Å². The van der Waals surface area contributed by atoms with Crippen molar-refractivity contribution in [1.29, 1.82) is 0 Å². The highest BCUT2D eigenvalue weighted by Gasteiger charge is 2.02. The molecule has 0 aliphatic heterocycles. The van der Waals surface area contributed by atoms with Gasteiger partial charge in [0.05, 0.1) is 12.9 Å². The molecule has 1 aromatic carbocycles. The Bertz CT molecular complexity index is 372. The van der Waals surface area contributed by atoms with Gasteiger partial charge in [-0.15, -0.1) is 11.8 Å². The van der Waals surface area contributed by atoms with Gasteiger partial charge >= 0.3 is 0 Å². The van der Waals surface area contributed by atoms with Crippen molar-refractivity contribution in [2.24, 2.45) is 0 Å². The highest BCUT2D eigenvalue weighted by atomic mass is 32.2. The van der Waals surface area contributed by atoms with Crippen LogP contribution in [0.4, 0.5) is 0 Å². The molecule has 100 valence electrons. The molecule has 0 saturated carbocycles. The number of ether oxygens (including phenoxy) is 1. The van der Waals surface area contributed by atoms with Gasteiger partial charge < -0.3 is 15.4 Å². The number of nitrogens with one attached hydrogen (secondary N) is 2. The van der Waals surface area contributed by atoms with E-state index in [0.717, 1.165) is 30.2 Å². The second-order valence-electron chi connectivity index (χ2n) is 3.77. The largest absolute Gasteiger partial charge is 0.497 e. The van der Waals surface area contributed by atoms with Gasteiger partial charge in [0.1, 0.15) is 5.75 Å². The molecular weight excluding hydrogens is 248 g/mol. The molecule has 5 heteroatoms. The van der Waals surface area contributed by atoms with E-state index in [9.17, 15) is 4.79 Å². The van der Waals surface area contributed by atoms with Crippen LogP contribution >= 0.6 is 11.8 Å². The first-order chi connectivity index (χ1) is 8.76. The Hall–Kier alpha value is -1.20. The molecular formula is C13H20N2O2S. The predicted molar refractivity (Wildman–Crippen MR) is 75.3 cm³/mol. The third-order valence-corrected chi connectivity index (χ3v) is 3.33. The molecule has 0 saturated heterocycles. The summed E-state index contributed by atoms with van der Waals surface area (Å²) in [4.78, 5) is 12.6. The van der Waals surface area contributed by atoms with Crippen molar-refractivity contribution in [1.82, 2.24) is 10.6 Å². The molecule has 1 amide bonds. The standard InChI is InChI=1S/C13H20N2O2S/c1-14-7-4-8-15-13(16)10-18-12-6-3-5-11(9-12)17-2/h3,5-6,9,14H,4,7-8,10H2,1-2H3,(H,15,16). The third-order valence-electron chi connectivity index (χ3n) is 2.34. The number of hydrogen-bond acceptors (Lipinski definition) is 4. The molecule has 0 radical (unpaired) electrons. The number of carbonyl (C=O) groups excluding carboxylic acids is 1. The molecule has 0 aliphatic carbocycles. The van der Waals surface area contributed by atoms with E-state index < -0.39 is 0 Å². The molecule has 2 N–H and O–H groups in total. The van der Waals surface area contributed by atoms with E-state index in [-0.39, 0.29) is 5.91 Å². The van der Waals surface area contributed by atoms with Gasteiger partial charge in [-0.3, -0.25) is 4.79 Å². The molecule has 1 rings (SSSR count). The van der Waals surface area contributed by atoms with Crippen molar-refractivity contribution in [2.75, 3.05) is 33.0 Å². The van der Waals surface area contributed by atoms with E-state index in [1.54, 1.807) is 7.11 Å². The second kappa shape index (κ2) is 8.83. The highest BCUT2D eigenvalue weighted by Crippen LogP contribution is 2.22. The Morgan fingerprint density at radius 2 is 2.22 bits per heavy atom. The first kappa shape index (κ1) is 14.9. The summed E-state index contributed by atoms with van der Waals surface area (Å²) in [5.41, 5.74) is 0. The maximum absolute atomic E-state index is 11.6. The Labute approximate surface area is 112 Å². The first-order valence-electron chi connectivity index (χ1n) is 5.94. The molecule has 0 aromatic heterocycles. The van der Waals surface area contributed by atoms with Crippen LogP contribution in [0.1, 0.15) is 6.42 Å². The second-order valence-corrected chi connectivity index (χ2v) is 4.82. The highest BCUT2D eigenvalue weighted by molar-refractivity contribution is 8.00. The van der Waals surface area contributed by atoms with Crippen LogP contribution in [0.15, 0.2) is 29.2 Å². The molecule has 0 bridgehead atoms. The van der Waals surface area contributed by atoms with Crippen LogP contribution in [0.3, 0.4) is 0 Å². The average molecular weight is 268 g/mol. The van der Waals surface area contributed by atoms with E-state index in [2.05, 4.69) is 10.6 Å². The fourth-order valence-corrected chi connectivity index (χ4v) is 2.16. The maximum atomic E-state index is 11.6. The van der Waals surface area contributed by atoms with Gasteiger partial charge in [0, 0.05) is 11.4 Å². The zero-order valence-corrected chi connectivity index (χ0v) is 11.7. The third kappa shape index (κ3) is 5.93. The molecule has 0 unspecified atom stereocenters. The van der Waals surface area contributed by atoms with Gasteiger partial charge in [-0.25, -0.2) is 0 Å². The zero-order chi connectivity index (χ0) is 13.2. The number of methoxy groups -OCH3 is 1. The van der Waals surface area contributed by atoms with Gasteiger partial charge in [-0.1, -0.05) is 6.07 Å². The van der Waals surface area contributed by atoms with E-state index in [1.807, 2.05) is 31.3 Å². The Kier molecular flexibility index (Phi) is 7.29. The number of amides is 1. The van der Waals surface area contributed by atoms with Crippen LogP contribution in [0.5, 0.6) is 5.75 Å². The van der Waals surface area contributed by atoms with Gasteiger partial charge in [-0.2, -0.15) is 0 Å². The van der Waals surface area contributed by atoms with Crippen LogP contribution in [-0.2, 0) is 4.79 Å². The van der Waals surface area contributed by atoms with E-state index in [1.165, 1.54) is 11.8 Å². The fraction of sp³-hybridized carbons (Fsp3) is 0.462. The average Bonchev–Trinajstić information content (AvgIpc) is 2.41. The summed E-state index contributed by atoms with van der Waals surface area (Å²) in [6, 6.07) is 7.72.